The number of benzene rings is 9. The summed E-state index contributed by atoms with van der Waals surface area (Å²) in [5, 5.41) is 2.25. The molecule has 58 heavy (non-hydrogen) atoms. The minimum atomic E-state index is 0.705. The molecule has 0 bridgehead atoms. The lowest BCUT2D eigenvalue weighted by molar-refractivity contribution is 0.360. The van der Waals surface area contributed by atoms with Gasteiger partial charge in [-0.1, -0.05) is 140 Å². The van der Waals surface area contributed by atoms with Crippen LogP contribution < -0.4 is 14.4 Å². The molecule has 1 aliphatic heterocycles. The Morgan fingerprint density at radius 3 is 1.21 bits per heavy atom. The first-order chi connectivity index (χ1) is 28.7. The van der Waals surface area contributed by atoms with Crippen molar-refractivity contribution < 1.29 is 9.47 Å². The fraction of sp³-hybridized carbons (Fsp3) is 0. The maximum absolute atomic E-state index is 6.37. The Kier molecular flexibility index (Phi) is 8.11. The van der Waals surface area contributed by atoms with Gasteiger partial charge in [0.1, 0.15) is 0 Å². The summed E-state index contributed by atoms with van der Waals surface area (Å²) in [7, 11) is 0. The third kappa shape index (κ3) is 5.96. The van der Waals surface area contributed by atoms with Crippen molar-refractivity contribution >= 4 is 38.9 Å². The second kappa shape index (κ2) is 14.0. The van der Waals surface area contributed by atoms with E-state index in [2.05, 4.69) is 204 Å². The Hall–Kier alpha value is -7.82. The van der Waals surface area contributed by atoms with Crippen LogP contribution in [0.1, 0.15) is 0 Å². The maximum Gasteiger partial charge on any atom is 0.172 e. The number of ether oxygens (including phenoxy) is 2. The zero-order valence-corrected chi connectivity index (χ0v) is 31.5. The van der Waals surface area contributed by atoms with Gasteiger partial charge >= 0.3 is 0 Å². The molecule has 11 rings (SSSR count). The van der Waals surface area contributed by atoms with Crippen molar-refractivity contribution in [1.82, 2.24) is 4.57 Å². The fourth-order valence-electron chi connectivity index (χ4n) is 8.19. The number of para-hydroxylation sites is 3. The highest BCUT2D eigenvalue weighted by atomic mass is 16.6. The summed E-state index contributed by atoms with van der Waals surface area (Å²) >= 11 is 0. The smallest absolute Gasteiger partial charge is 0.172 e. The van der Waals surface area contributed by atoms with E-state index in [-0.39, 0.29) is 0 Å². The van der Waals surface area contributed by atoms with Gasteiger partial charge in [0.15, 0.2) is 23.0 Å². The van der Waals surface area contributed by atoms with Crippen molar-refractivity contribution in [1.29, 1.82) is 0 Å². The molecule has 0 atom stereocenters. The van der Waals surface area contributed by atoms with Crippen molar-refractivity contribution in [3.8, 4) is 62.1 Å². The van der Waals surface area contributed by atoms with Crippen LogP contribution in [-0.2, 0) is 0 Å². The number of hydrogen-bond acceptors (Lipinski definition) is 3. The first-order valence-electron chi connectivity index (χ1n) is 19.6. The van der Waals surface area contributed by atoms with Crippen LogP contribution in [0.2, 0.25) is 0 Å². The molecule has 0 saturated carbocycles. The lowest BCUT2D eigenvalue weighted by atomic mass is 10.0. The topological polar surface area (TPSA) is 26.6 Å². The normalized spacial score (nSPS) is 11.7. The maximum atomic E-state index is 6.37. The molecule has 1 aliphatic rings. The first kappa shape index (κ1) is 33.5. The summed E-state index contributed by atoms with van der Waals surface area (Å²) in [6.07, 6.45) is 0. The van der Waals surface area contributed by atoms with Gasteiger partial charge in [0, 0.05) is 39.6 Å². The van der Waals surface area contributed by atoms with E-state index in [9.17, 15) is 0 Å². The average Bonchev–Trinajstić information content (AvgIpc) is 3.61. The largest absolute Gasteiger partial charge is 0.449 e. The summed E-state index contributed by atoms with van der Waals surface area (Å²) < 4.78 is 15.0. The van der Waals surface area contributed by atoms with Gasteiger partial charge in [0.25, 0.3) is 0 Å². The summed E-state index contributed by atoms with van der Waals surface area (Å²) in [4.78, 5) is 2.33. The Morgan fingerprint density at radius 2 is 0.690 bits per heavy atom. The van der Waals surface area contributed by atoms with Crippen molar-refractivity contribution in [2.75, 3.05) is 4.90 Å². The van der Waals surface area contributed by atoms with E-state index >= 15 is 0 Å². The quantitative estimate of drug-likeness (QED) is 0.163. The zero-order valence-electron chi connectivity index (χ0n) is 31.5. The monoisotopic (exact) mass is 744 g/mol. The van der Waals surface area contributed by atoms with E-state index in [4.69, 9.17) is 9.47 Å². The van der Waals surface area contributed by atoms with Crippen LogP contribution >= 0.6 is 0 Å². The molecule has 274 valence electrons. The van der Waals surface area contributed by atoms with E-state index in [1.54, 1.807) is 0 Å². The number of aromatic nitrogens is 1. The van der Waals surface area contributed by atoms with Crippen molar-refractivity contribution in [2.45, 2.75) is 0 Å². The van der Waals surface area contributed by atoms with Crippen LogP contribution in [0.15, 0.2) is 218 Å². The van der Waals surface area contributed by atoms with Crippen molar-refractivity contribution in [2.24, 2.45) is 0 Å². The molecule has 9 aromatic carbocycles. The molecule has 2 heterocycles. The van der Waals surface area contributed by atoms with Crippen LogP contribution in [0.4, 0.5) is 17.1 Å². The van der Waals surface area contributed by atoms with Crippen molar-refractivity contribution in [3.05, 3.63) is 218 Å². The van der Waals surface area contributed by atoms with Gasteiger partial charge in [-0.15, -0.1) is 0 Å². The molecule has 0 N–H and O–H groups in total. The molecular weight excluding hydrogens is 709 g/mol. The van der Waals surface area contributed by atoms with Crippen LogP contribution in [0, 0.1) is 0 Å². The third-order valence-corrected chi connectivity index (χ3v) is 11.1. The molecule has 0 radical (unpaired) electrons. The average molecular weight is 745 g/mol. The zero-order chi connectivity index (χ0) is 38.4. The molecule has 0 amide bonds. The van der Waals surface area contributed by atoms with Gasteiger partial charge in [0.05, 0.1) is 11.0 Å². The second-order valence-corrected chi connectivity index (χ2v) is 14.6. The highest BCUT2D eigenvalue weighted by Gasteiger charge is 2.23. The molecule has 0 unspecified atom stereocenters. The number of fused-ring (bicyclic) bond motifs is 5. The van der Waals surface area contributed by atoms with E-state index in [0.29, 0.717) is 11.5 Å². The van der Waals surface area contributed by atoms with Crippen molar-refractivity contribution in [3.63, 3.8) is 0 Å². The van der Waals surface area contributed by atoms with Gasteiger partial charge < -0.3 is 18.9 Å². The SMILES string of the molecule is c1ccc(-c2ccc(N(c3ccc(-c4ccccc4)cc3)c3ccc(-c4ccc5c6cc7c(cc6n(-c6ccccc6)c5c4)Oc4ccccc4O7)cc3)cc2)cc1. The molecule has 1 aromatic heterocycles. The molecule has 0 fully saturated rings. The van der Waals surface area contributed by atoms with Gasteiger partial charge in [-0.25, -0.2) is 0 Å². The van der Waals surface area contributed by atoms with Crippen LogP contribution in [0.5, 0.6) is 23.0 Å². The molecule has 10 aromatic rings. The molecule has 4 nitrogen and oxygen atoms in total. The summed E-state index contributed by atoms with van der Waals surface area (Å²) in [5.74, 6) is 2.86. The number of anilines is 3. The minimum Gasteiger partial charge on any atom is -0.449 e. The summed E-state index contributed by atoms with van der Waals surface area (Å²) in [6.45, 7) is 0. The molecule has 4 heteroatoms. The Bertz CT molecular complexity index is 2980. The standard InChI is InChI=1S/C54H36N2O2/c1-4-12-37(13-5-1)39-20-27-44(28-21-39)55(45-29-22-40(23-30-45)38-14-6-2-7-15-38)46-31-24-41(25-32-46)42-26-33-47-48-35-53-54(58-52-19-11-10-18-51(52)57-53)36-50(48)56(49(47)34-42)43-16-8-3-9-17-43/h1-36H. The van der Waals surface area contributed by atoms with Gasteiger partial charge in [-0.3, -0.25) is 0 Å². The highest BCUT2D eigenvalue weighted by Crippen LogP contribution is 2.49. The molecule has 0 aliphatic carbocycles. The molecular formula is C54H36N2O2. The lowest BCUT2D eigenvalue weighted by Crippen LogP contribution is -2.09. The van der Waals surface area contributed by atoms with Crippen LogP contribution in [0.25, 0.3) is 60.9 Å². The summed E-state index contributed by atoms with van der Waals surface area (Å²) in [5.41, 5.74) is 13.6. The van der Waals surface area contributed by atoms with E-state index in [1.807, 2.05) is 24.3 Å². The Morgan fingerprint density at radius 1 is 0.293 bits per heavy atom. The molecule has 0 saturated heterocycles. The van der Waals surface area contributed by atoms with Gasteiger partial charge in [-0.2, -0.15) is 0 Å². The highest BCUT2D eigenvalue weighted by molar-refractivity contribution is 6.11. The summed E-state index contributed by atoms with van der Waals surface area (Å²) in [6, 6.07) is 77.0. The van der Waals surface area contributed by atoms with E-state index in [0.717, 1.165) is 67.2 Å². The minimum absolute atomic E-state index is 0.705. The number of nitrogens with zero attached hydrogens (tertiary/aromatic N) is 2. The van der Waals surface area contributed by atoms with E-state index < -0.39 is 0 Å². The van der Waals surface area contributed by atoms with Gasteiger partial charge in [0.2, 0.25) is 0 Å². The number of hydrogen-bond donors (Lipinski definition) is 0. The predicted octanol–water partition coefficient (Wildman–Crippen LogP) is 15.2. The third-order valence-electron chi connectivity index (χ3n) is 11.1. The fourth-order valence-corrected chi connectivity index (χ4v) is 8.19. The predicted molar refractivity (Wildman–Crippen MR) is 238 cm³/mol. The lowest BCUT2D eigenvalue weighted by Gasteiger charge is -2.26. The molecule has 0 spiro atoms. The van der Waals surface area contributed by atoms with Crippen LogP contribution in [-0.4, -0.2) is 4.57 Å². The second-order valence-electron chi connectivity index (χ2n) is 14.6. The number of rotatable bonds is 7. The Labute approximate surface area is 337 Å². The van der Waals surface area contributed by atoms with E-state index in [1.165, 1.54) is 22.3 Å². The van der Waals surface area contributed by atoms with Gasteiger partial charge in [-0.05, 0) is 106 Å². The Balaban J connectivity index is 0.991. The van der Waals surface area contributed by atoms with Crippen LogP contribution in [0.3, 0.4) is 0 Å². The first-order valence-corrected chi connectivity index (χ1v) is 19.6.